The zero-order chi connectivity index (χ0) is 11.0. The second kappa shape index (κ2) is 3.72. The summed E-state index contributed by atoms with van der Waals surface area (Å²) in [4.78, 5) is 0. The molecule has 3 nitrogen and oxygen atoms in total. The summed E-state index contributed by atoms with van der Waals surface area (Å²) in [5, 5.41) is 7.83. The number of benzene rings is 1. The van der Waals surface area contributed by atoms with Gasteiger partial charge in [0.15, 0.2) is 5.65 Å². The van der Waals surface area contributed by atoms with E-state index >= 15 is 0 Å². The SMILES string of the molecule is Brc1ccc(-c2ccc3nncn3c2)cc1. The van der Waals surface area contributed by atoms with Gasteiger partial charge in [0.2, 0.25) is 0 Å². The summed E-state index contributed by atoms with van der Waals surface area (Å²) in [7, 11) is 0. The van der Waals surface area contributed by atoms with E-state index in [1.165, 1.54) is 5.56 Å². The van der Waals surface area contributed by atoms with Gasteiger partial charge in [-0.05, 0) is 35.4 Å². The lowest BCUT2D eigenvalue weighted by Gasteiger charge is -2.02. The standard InChI is InChI=1S/C12H8BrN3/c13-11-4-1-9(2-5-11)10-3-6-12-15-14-8-16(12)7-10/h1-8H. The number of hydrogen-bond acceptors (Lipinski definition) is 2. The number of fused-ring (bicyclic) bond motifs is 1. The van der Waals surface area contributed by atoms with Gasteiger partial charge in [0.1, 0.15) is 6.33 Å². The van der Waals surface area contributed by atoms with Gasteiger partial charge in [-0.1, -0.05) is 28.1 Å². The molecular weight excluding hydrogens is 266 g/mol. The minimum Gasteiger partial charge on any atom is -0.288 e. The predicted octanol–water partition coefficient (Wildman–Crippen LogP) is 3.16. The Morgan fingerprint density at radius 2 is 1.69 bits per heavy atom. The number of nitrogens with zero attached hydrogens (tertiary/aromatic N) is 3. The van der Waals surface area contributed by atoms with E-state index in [2.05, 4.69) is 38.3 Å². The minimum absolute atomic E-state index is 0.862. The monoisotopic (exact) mass is 273 g/mol. The molecule has 78 valence electrons. The van der Waals surface area contributed by atoms with Crippen molar-refractivity contribution in [2.24, 2.45) is 0 Å². The van der Waals surface area contributed by atoms with Gasteiger partial charge in [0.25, 0.3) is 0 Å². The van der Waals surface area contributed by atoms with Gasteiger partial charge in [-0.15, -0.1) is 10.2 Å². The molecule has 0 aliphatic carbocycles. The molecule has 0 aliphatic rings. The number of aromatic nitrogens is 3. The van der Waals surface area contributed by atoms with Crippen LogP contribution >= 0.6 is 15.9 Å². The third kappa shape index (κ3) is 1.61. The van der Waals surface area contributed by atoms with Crippen LogP contribution in [0.1, 0.15) is 0 Å². The normalized spacial score (nSPS) is 10.8. The van der Waals surface area contributed by atoms with Crippen molar-refractivity contribution in [3.63, 3.8) is 0 Å². The van der Waals surface area contributed by atoms with Crippen LogP contribution in [-0.2, 0) is 0 Å². The predicted molar refractivity (Wildman–Crippen MR) is 66.1 cm³/mol. The maximum absolute atomic E-state index is 3.97. The first-order valence-corrected chi connectivity index (χ1v) is 5.67. The highest BCUT2D eigenvalue weighted by Gasteiger charge is 2.00. The Morgan fingerprint density at radius 3 is 2.50 bits per heavy atom. The molecule has 0 bridgehead atoms. The second-order valence-corrected chi connectivity index (χ2v) is 4.44. The molecule has 0 radical (unpaired) electrons. The van der Waals surface area contributed by atoms with Crippen molar-refractivity contribution in [3.8, 4) is 11.1 Å². The molecule has 4 heteroatoms. The molecule has 16 heavy (non-hydrogen) atoms. The number of rotatable bonds is 1. The Kier molecular flexibility index (Phi) is 2.22. The molecular formula is C12H8BrN3. The third-order valence-electron chi connectivity index (χ3n) is 2.47. The largest absolute Gasteiger partial charge is 0.288 e. The summed E-state index contributed by atoms with van der Waals surface area (Å²) in [5.74, 6) is 0. The maximum atomic E-state index is 3.97. The van der Waals surface area contributed by atoms with E-state index in [0.29, 0.717) is 0 Å². The summed E-state index contributed by atoms with van der Waals surface area (Å²) in [6.07, 6.45) is 3.73. The lowest BCUT2D eigenvalue weighted by Crippen LogP contribution is -1.85. The molecule has 0 unspecified atom stereocenters. The molecule has 2 heterocycles. The van der Waals surface area contributed by atoms with Crippen molar-refractivity contribution < 1.29 is 0 Å². The molecule has 0 saturated heterocycles. The Bertz CT molecular complexity index is 628. The van der Waals surface area contributed by atoms with Gasteiger partial charge < -0.3 is 0 Å². The fraction of sp³-hybridized carbons (Fsp3) is 0. The second-order valence-electron chi connectivity index (χ2n) is 3.52. The summed E-state index contributed by atoms with van der Waals surface area (Å²) in [6.45, 7) is 0. The van der Waals surface area contributed by atoms with Crippen molar-refractivity contribution >= 4 is 21.6 Å². The highest BCUT2D eigenvalue weighted by atomic mass is 79.9. The minimum atomic E-state index is 0.862. The molecule has 3 aromatic rings. The van der Waals surface area contributed by atoms with Crippen LogP contribution in [0.25, 0.3) is 16.8 Å². The molecule has 0 amide bonds. The maximum Gasteiger partial charge on any atom is 0.160 e. The van der Waals surface area contributed by atoms with Gasteiger partial charge in [-0.2, -0.15) is 0 Å². The molecule has 0 N–H and O–H groups in total. The average Bonchev–Trinajstić information content (AvgIpc) is 2.77. The van der Waals surface area contributed by atoms with Crippen LogP contribution in [0.4, 0.5) is 0 Å². The van der Waals surface area contributed by atoms with Crippen LogP contribution in [0.15, 0.2) is 53.4 Å². The van der Waals surface area contributed by atoms with Crippen molar-refractivity contribution in [2.75, 3.05) is 0 Å². The third-order valence-corrected chi connectivity index (χ3v) is 3.00. The van der Waals surface area contributed by atoms with Crippen LogP contribution in [0.3, 0.4) is 0 Å². The van der Waals surface area contributed by atoms with Crippen molar-refractivity contribution in [1.82, 2.24) is 14.6 Å². The molecule has 2 aromatic heterocycles. The molecule has 0 spiro atoms. The zero-order valence-electron chi connectivity index (χ0n) is 8.34. The Hall–Kier alpha value is -1.68. The number of halogens is 1. The molecule has 0 atom stereocenters. The van der Waals surface area contributed by atoms with E-state index in [-0.39, 0.29) is 0 Å². The quantitative estimate of drug-likeness (QED) is 0.682. The first kappa shape index (κ1) is 9.54. The smallest absolute Gasteiger partial charge is 0.160 e. The van der Waals surface area contributed by atoms with Gasteiger partial charge in [0, 0.05) is 10.7 Å². The van der Waals surface area contributed by atoms with E-state index in [0.717, 1.165) is 15.7 Å². The van der Waals surface area contributed by atoms with E-state index in [4.69, 9.17) is 0 Å². The molecule has 3 rings (SSSR count). The van der Waals surface area contributed by atoms with E-state index in [1.807, 2.05) is 34.9 Å². The first-order chi connectivity index (χ1) is 7.83. The van der Waals surface area contributed by atoms with Gasteiger partial charge in [-0.3, -0.25) is 4.40 Å². The van der Waals surface area contributed by atoms with Gasteiger partial charge in [0.05, 0.1) is 0 Å². The molecule has 0 fully saturated rings. The van der Waals surface area contributed by atoms with Crippen molar-refractivity contribution in [1.29, 1.82) is 0 Å². The zero-order valence-corrected chi connectivity index (χ0v) is 9.92. The van der Waals surface area contributed by atoms with Crippen molar-refractivity contribution in [3.05, 3.63) is 53.4 Å². The van der Waals surface area contributed by atoms with Gasteiger partial charge >= 0.3 is 0 Å². The van der Waals surface area contributed by atoms with E-state index < -0.39 is 0 Å². The summed E-state index contributed by atoms with van der Waals surface area (Å²) in [6, 6.07) is 12.2. The summed E-state index contributed by atoms with van der Waals surface area (Å²) >= 11 is 3.43. The van der Waals surface area contributed by atoms with Crippen LogP contribution in [0, 0.1) is 0 Å². The highest BCUT2D eigenvalue weighted by Crippen LogP contribution is 2.21. The first-order valence-electron chi connectivity index (χ1n) is 4.88. The molecule has 1 aromatic carbocycles. The average molecular weight is 274 g/mol. The molecule has 0 saturated carbocycles. The lowest BCUT2D eigenvalue weighted by atomic mass is 10.1. The van der Waals surface area contributed by atoms with E-state index in [1.54, 1.807) is 6.33 Å². The highest BCUT2D eigenvalue weighted by molar-refractivity contribution is 9.10. The van der Waals surface area contributed by atoms with Crippen LogP contribution < -0.4 is 0 Å². The lowest BCUT2D eigenvalue weighted by molar-refractivity contribution is 1.10. The van der Waals surface area contributed by atoms with Crippen LogP contribution in [-0.4, -0.2) is 14.6 Å². The van der Waals surface area contributed by atoms with Crippen LogP contribution in [0.2, 0.25) is 0 Å². The Balaban J connectivity index is 2.14. The summed E-state index contributed by atoms with van der Waals surface area (Å²) in [5.41, 5.74) is 3.19. The fourth-order valence-corrected chi connectivity index (χ4v) is 1.90. The van der Waals surface area contributed by atoms with E-state index in [9.17, 15) is 0 Å². The topological polar surface area (TPSA) is 30.2 Å². The summed E-state index contributed by atoms with van der Waals surface area (Å²) < 4.78 is 3.00. The van der Waals surface area contributed by atoms with Crippen molar-refractivity contribution in [2.45, 2.75) is 0 Å². The Labute approximate surface area is 101 Å². The molecule has 0 aliphatic heterocycles. The number of hydrogen-bond donors (Lipinski definition) is 0. The fourth-order valence-electron chi connectivity index (χ4n) is 1.64. The van der Waals surface area contributed by atoms with Crippen LogP contribution in [0.5, 0.6) is 0 Å². The van der Waals surface area contributed by atoms with Gasteiger partial charge in [-0.25, -0.2) is 0 Å². The number of pyridine rings is 1. The Morgan fingerprint density at radius 1 is 0.938 bits per heavy atom.